The van der Waals surface area contributed by atoms with Crippen LogP contribution in [0.4, 0.5) is 4.39 Å². The first kappa shape index (κ1) is 11.0. The van der Waals surface area contributed by atoms with E-state index < -0.39 is 5.82 Å². The first-order valence-corrected chi connectivity index (χ1v) is 5.09. The van der Waals surface area contributed by atoms with Crippen LogP contribution in [-0.4, -0.2) is 10.1 Å². The van der Waals surface area contributed by atoms with E-state index in [1.165, 1.54) is 6.07 Å². The smallest absolute Gasteiger partial charge is 0.147 e. The minimum absolute atomic E-state index is 0.227. The number of benzene rings is 1. The molecule has 0 atom stereocenters. The normalized spacial score (nSPS) is 10.4. The molecule has 0 saturated heterocycles. The van der Waals surface area contributed by atoms with Gasteiger partial charge in [-0.25, -0.2) is 4.39 Å². The number of aromatic nitrogens is 1. The van der Waals surface area contributed by atoms with Gasteiger partial charge in [-0.1, -0.05) is 23.7 Å². The number of aliphatic hydroxyl groups is 1. The van der Waals surface area contributed by atoms with Gasteiger partial charge in [0, 0.05) is 16.1 Å². The second-order valence-electron chi connectivity index (χ2n) is 3.33. The van der Waals surface area contributed by atoms with Crippen LogP contribution in [0.15, 0.2) is 36.5 Å². The van der Waals surface area contributed by atoms with Crippen molar-refractivity contribution in [2.24, 2.45) is 0 Å². The predicted molar refractivity (Wildman–Crippen MR) is 60.6 cm³/mol. The van der Waals surface area contributed by atoms with Crippen LogP contribution in [0.5, 0.6) is 0 Å². The first-order valence-electron chi connectivity index (χ1n) is 4.72. The molecule has 1 heterocycles. The fourth-order valence-electron chi connectivity index (χ4n) is 1.41. The number of hydrogen-bond acceptors (Lipinski definition) is 2. The Morgan fingerprint density at radius 1 is 1.31 bits per heavy atom. The molecule has 16 heavy (non-hydrogen) atoms. The maximum Gasteiger partial charge on any atom is 0.147 e. The molecule has 0 unspecified atom stereocenters. The van der Waals surface area contributed by atoms with Crippen LogP contribution in [0.25, 0.3) is 11.3 Å². The molecule has 0 fully saturated rings. The van der Waals surface area contributed by atoms with Gasteiger partial charge in [0.05, 0.1) is 18.5 Å². The van der Waals surface area contributed by atoms with Crippen molar-refractivity contribution in [3.05, 3.63) is 52.9 Å². The van der Waals surface area contributed by atoms with E-state index in [9.17, 15) is 4.39 Å². The molecule has 2 nitrogen and oxygen atoms in total. The molecule has 82 valence electrons. The predicted octanol–water partition coefficient (Wildman–Crippen LogP) is 3.03. The summed E-state index contributed by atoms with van der Waals surface area (Å²) in [5, 5.41) is 9.54. The fourth-order valence-corrected chi connectivity index (χ4v) is 1.60. The van der Waals surface area contributed by atoms with Crippen molar-refractivity contribution in [1.29, 1.82) is 0 Å². The number of pyridine rings is 1. The zero-order valence-electron chi connectivity index (χ0n) is 8.32. The first-order chi connectivity index (χ1) is 7.70. The van der Waals surface area contributed by atoms with Crippen molar-refractivity contribution in [1.82, 2.24) is 4.98 Å². The van der Waals surface area contributed by atoms with Crippen molar-refractivity contribution < 1.29 is 9.50 Å². The third-order valence-electron chi connectivity index (χ3n) is 2.23. The van der Waals surface area contributed by atoms with Gasteiger partial charge in [0.25, 0.3) is 0 Å². The van der Waals surface area contributed by atoms with Crippen molar-refractivity contribution in [2.45, 2.75) is 6.61 Å². The molecule has 0 saturated carbocycles. The number of nitrogens with zero attached hydrogens (tertiary/aromatic N) is 1. The molecule has 0 radical (unpaired) electrons. The van der Waals surface area contributed by atoms with Gasteiger partial charge in [0.1, 0.15) is 5.82 Å². The summed E-state index contributed by atoms with van der Waals surface area (Å²) < 4.78 is 13.1. The van der Waals surface area contributed by atoms with Gasteiger partial charge >= 0.3 is 0 Å². The van der Waals surface area contributed by atoms with E-state index in [-0.39, 0.29) is 12.2 Å². The summed E-state index contributed by atoms with van der Waals surface area (Å²) in [7, 11) is 0. The summed E-state index contributed by atoms with van der Waals surface area (Å²) in [5.41, 5.74) is 1.61. The van der Waals surface area contributed by atoms with Crippen molar-refractivity contribution >= 4 is 11.6 Å². The lowest BCUT2D eigenvalue weighted by Crippen LogP contribution is -1.93. The highest BCUT2D eigenvalue weighted by molar-refractivity contribution is 6.30. The minimum atomic E-state index is -0.506. The van der Waals surface area contributed by atoms with Crippen LogP contribution in [0.3, 0.4) is 0 Å². The van der Waals surface area contributed by atoms with Gasteiger partial charge in [-0.3, -0.25) is 4.98 Å². The van der Waals surface area contributed by atoms with Gasteiger partial charge in [0.15, 0.2) is 0 Å². The second kappa shape index (κ2) is 4.60. The van der Waals surface area contributed by atoms with Crippen LogP contribution < -0.4 is 0 Å². The zero-order valence-corrected chi connectivity index (χ0v) is 9.08. The Balaban J connectivity index is 2.48. The van der Waals surface area contributed by atoms with Gasteiger partial charge in [-0.2, -0.15) is 0 Å². The number of hydrogen-bond donors (Lipinski definition) is 1. The molecule has 0 aliphatic heterocycles. The molecular formula is C12H9ClFNO. The Kier molecular flexibility index (Phi) is 3.17. The van der Waals surface area contributed by atoms with E-state index in [0.29, 0.717) is 10.7 Å². The van der Waals surface area contributed by atoms with E-state index in [1.807, 2.05) is 6.07 Å². The highest BCUT2D eigenvalue weighted by Gasteiger charge is 2.05. The maximum atomic E-state index is 13.1. The summed E-state index contributed by atoms with van der Waals surface area (Å²) in [6.45, 7) is -0.345. The molecule has 2 rings (SSSR count). The monoisotopic (exact) mass is 237 g/mol. The summed E-state index contributed by atoms with van der Waals surface area (Å²) in [6, 6.07) is 8.63. The van der Waals surface area contributed by atoms with Crippen LogP contribution in [0, 0.1) is 5.82 Å². The van der Waals surface area contributed by atoms with E-state index >= 15 is 0 Å². The summed E-state index contributed by atoms with van der Waals surface area (Å²) in [4.78, 5) is 3.95. The van der Waals surface area contributed by atoms with Crippen LogP contribution in [0.1, 0.15) is 5.56 Å². The summed E-state index contributed by atoms with van der Waals surface area (Å²) in [6.07, 6.45) is 1.10. The Bertz CT molecular complexity index is 516. The lowest BCUT2D eigenvalue weighted by atomic mass is 10.1. The van der Waals surface area contributed by atoms with Crippen molar-refractivity contribution in [3.63, 3.8) is 0 Å². The fraction of sp³-hybridized carbons (Fsp3) is 0.0833. The molecule has 0 bridgehead atoms. The third-order valence-corrected chi connectivity index (χ3v) is 2.46. The van der Waals surface area contributed by atoms with Crippen molar-refractivity contribution in [2.75, 3.05) is 0 Å². The quantitative estimate of drug-likeness (QED) is 0.871. The molecule has 4 heteroatoms. The number of aliphatic hydroxyl groups excluding tert-OH is 1. The molecule has 0 amide bonds. The van der Waals surface area contributed by atoms with Crippen LogP contribution in [0.2, 0.25) is 5.02 Å². The zero-order chi connectivity index (χ0) is 11.5. The molecule has 0 spiro atoms. The molecule has 1 aromatic carbocycles. The maximum absolute atomic E-state index is 13.1. The molecule has 0 aliphatic carbocycles. The Morgan fingerprint density at radius 3 is 2.81 bits per heavy atom. The molecule has 1 aromatic heterocycles. The highest BCUT2D eigenvalue weighted by atomic mass is 35.5. The third kappa shape index (κ3) is 2.21. The number of rotatable bonds is 2. The SMILES string of the molecule is OCc1cc(-c2cccc(Cl)c2)ncc1F. The van der Waals surface area contributed by atoms with E-state index in [4.69, 9.17) is 16.7 Å². The van der Waals surface area contributed by atoms with Gasteiger partial charge in [-0.05, 0) is 18.2 Å². The second-order valence-corrected chi connectivity index (χ2v) is 3.77. The van der Waals surface area contributed by atoms with Gasteiger partial charge in [0.2, 0.25) is 0 Å². The molecular weight excluding hydrogens is 229 g/mol. The largest absolute Gasteiger partial charge is 0.392 e. The average molecular weight is 238 g/mol. The van der Waals surface area contributed by atoms with Gasteiger partial charge < -0.3 is 5.11 Å². The Hall–Kier alpha value is -1.45. The standard InChI is InChI=1S/C12H9ClFNO/c13-10-3-1-2-8(4-10)12-5-9(7-16)11(14)6-15-12/h1-6,16H,7H2. The van der Waals surface area contributed by atoms with Gasteiger partial charge in [-0.15, -0.1) is 0 Å². The van der Waals surface area contributed by atoms with Crippen molar-refractivity contribution in [3.8, 4) is 11.3 Å². The van der Waals surface area contributed by atoms with Crippen LogP contribution >= 0.6 is 11.6 Å². The average Bonchev–Trinajstić information content (AvgIpc) is 2.29. The van der Waals surface area contributed by atoms with E-state index in [1.54, 1.807) is 18.2 Å². The van der Waals surface area contributed by atoms with E-state index in [2.05, 4.69) is 4.98 Å². The lowest BCUT2D eigenvalue weighted by molar-refractivity contribution is 0.275. The topological polar surface area (TPSA) is 33.1 Å². The lowest BCUT2D eigenvalue weighted by Gasteiger charge is -2.04. The summed E-state index contributed by atoms with van der Waals surface area (Å²) in [5.74, 6) is -0.506. The Morgan fingerprint density at radius 2 is 2.12 bits per heavy atom. The van der Waals surface area contributed by atoms with E-state index in [0.717, 1.165) is 11.8 Å². The number of halogens is 2. The molecule has 2 aromatic rings. The Labute approximate surface area is 97.3 Å². The highest BCUT2D eigenvalue weighted by Crippen LogP contribution is 2.22. The minimum Gasteiger partial charge on any atom is -0.392 e. The van der Waals surface area contributed by atoms with Crippen LogP contribution in [-0.2, 0) is 6.61 Å². The molecule has 0 aliphatic rings. The molecule has 1 N–H and O–H groups in total. The summed E-state index contributed by atoms with van der Waals surface area (Å²) >= 11 is 5.85.